The minimum atomic E-state index is -0.126. The van der Waals surface area contributed by atoms with Crippen LogP contribution in [-0.4, -0.2) is 17.9 Å². The summed E-state index contributed by atoms with van der Waals surface area (Å²) in [6.07, 6.45) is 10.5. The monoisotopic (exact) mass is 388 g/mol. The van der Waals surface area contributed by atoms with Gasteiger partial charge in [-0.15, -0.1) is 0 Å². The van der Waals surface area contributed by atoms with Crippen molar-refractivity contribution in [3.63, 3.8) is 0 Å². The van der Waals surface area contributed by atoms with Gasteiger partial charge in [-0.1, -0.05) is 27.7 Å². The second kappa shape index (κ2) is 7.13. The molecule has 0 saturated heterocycles. The normalized spacial score (nSPS) is 50.2. The summed E-state index contributed by atoms with van der Waals surface area (Å²) in [4.78, 5) is 24.3. The molecule has 0 aromatic carbocycles. The van der Waals surface area contributed by atoms with Crippen molar-refractivity contribution < 1.29 is 14.3 Å². The van der Waals surface area contributed by atoms with Crippen LogP contribution in [0.2, 0.25) is 0 Å². The van der Waals surface area contributed by atoms with E-state index in [9.17, 15) is 9.59 Å². The molecule has 0 bridgehead atoms. The fourth-order valence-corrected chi connectivity index (χ4v) is 8.62. The van der Waals surface area contributed by atoms with Crippen LogP contribution in [0.4, 0.5) is 0 Å². The molecule has 0 aromatic heterocycles. The third-order valence-electron chi connectivity index (χ3n) is 10.1. The Kier molecular flexibility index (Phi) is 5.20. The first-order valence-electron chi connectivity index (χ1n) is 11.9. The van der Waals surface area contributed by atoms with Gasteiger partial charge in [-0.25, -0.2) is 0 Å². The van der Waals surface area contributed by atoms with Gasteiger partial charge in [0.25, 0.3) is 0 Å². The first-order valence-corrected chi connectivity index (χ1v) is 11.9. The Labute approximate surface area is 171 Å². The molecule has 0 spiro atoms. The molecular weight excluding hydrogens is 348 g/mol. The summed E-state index contributed by atoms with van der Waals surface area (Å²) < 4.78 is 5.78. The van der Waals surface area contributed by atoms with E-state index in [-0.39, 0.29) is 17.5 Å². The third kappa shape index (κ3) is 2.98. The van der Waals surface area contributed by atoms with Gasteiger partial charge in [-0.3, -0.25) is 9.59 Å². The van der Waals surface area contributed by atoms with Crippen LogP contribution >= 0.6 is 0 Å². The molecule has 0 unspecified atom stereocenters. The number of hydrogen-bond donors (Lipinski definition) is 0. The molecule has 158 valence electrons. The van der Waals surface area contributed by atoms with Gasteiger partial charge in [-0.2, -0.15) is 0 Å². The Hall–Kier alpha value is -0.860. The predicted molar refractivity (Wildman–Crippen MR) is 111 cm³/mol. The molecule has 0 N–H and O–H groups in total. The average Bonchev–Trinajstić information content (AvgIpc) is 2.99. The Morgan fingerprint density at radius 3 is 2.39 bits per heavy atom. The first kappa shape index (κ1) is 20.4. The third-order valence-corrected chi connectivity index (χ3v) is 10.1. The van der Waals surface area contributed by atoms with Crippen LogP contribution < -0.4 is 0 Å². The second-order valence-electron chi connectivity index (χ2n) is 11.2. The van der Waals surface area contributed by atoms with Gasteiger partial charge in [0.05, 0.1) is 0 Å². The zero-order valence-electron chi connectivity index (χ0n) is 18.6. The molecule has 3 heteroatoms. The summed E-state index contributed by atoms with van der Waals surface area (Å²) in [6.45, 7) is 10.8. The lowest BCUT2D eigenvalue weighted by atomic mass is 9.44. The van der Waals surface area contributed by atoms with Crippen molar-refractivity contribution in [3.8, 4) is 0 Å². The van der Waals surface area contributed by atoms with Crippen molar-refractivity contribution in [1.82, 2.24) is 0 Å². The summed E-state index contributed by atoms with van der Waals surface area (Å²) in [6, 6.07) is 0. The number of fused-ring (bicyclic) bond motifs is 5. The van der Waals surface area contributed by atoms with E-state index in [4.69, 9.17) is 4.74 Å². The number of ketones is 1. The number of rotatable bonds is 3. The summed E-state index contributed by atoms with van der Waals surface area (Å²) in [5.74, 6) is 4.15. The maximum absolute atomic E-state index is 12.7. The lowest BCUT2D eigenvalue weighted by Gasteiger charge is -2.61. The standard InChI is InChI=1S/C25H40O3/c1-6-22(27)21-10-9-19-18-8-7-17-13-15(2)23(28-16(3)26)14-25(17,5)20(18)11-12-24(19,21)4/h15,17-21,23H,6-14H2,1-5H3/t15-,17-,18-,19-,20-,21+,23-,24-,25-/m0/s1. The van der Waals surface area contributed by atoms with Gasteiger partial charge in [0.15, 0.2) is 0 Å². The number of carbonyl (C=O) groups excluding carboxylic acids is 2. The summed E-state index contributed by atoms with van der Waals surface area (Å²) in [5, 5.41) is 0. The molecule has 4 aliphatic rings. The Balaban J connectivity index is 1.58. The molecular formula is C25H40O3. The highest BCUT2D eigenvalue weighted by Gasteiger charge is 2.61. The van der Waals surface area contributed by atoms with Crippen molar-refractivity contribution in [2.75, 3.05) is 0 Å². The quantitative estimate of drug-likeness (QED) is 0.574. The fourth-order valence-electron chi connectivity index (χ4n) is 8.62. The molecule has 0 heterocycles. The van der Waals surface area contributed by atoms with Crippen LogP contribution in [-0.2, 0) is 14.3 Å². The molecule has 0 radical (unpaired) electrons. The molecule has 4 rings (SSSR count). The maximum atomic E-state index is 12.7. The summed E-state index contributed by atoms with van der Waals surface area (Å²) in [5.41, 5.74) is 0.526. The van der Waals surface area contributed by atoms with Crippen LogP contribution in [0.3, 0.4) is 0 Å². The van der Waals surface area contributed by atoms with E-state index >= 15 is 0 Å². The number of Topliss-reactive ketones (excluding diaryl/α,β-unsaturated/α-hetero) is 1. The zero-order chi connectivity index (χ0) is 20.3. The largest absolute Gasteiger partial charge is 0.462 e. The molecule has 0 amide bonds. The maximum Gasteiger partial charge on any atom is 0.302 e. The Morgan fingerprint density at radius 2 is 1.71 bits per heavy atom. The Bertz CT molecular complexity index is 642. The van der Waals surface area contributed by atoms with Crippen molar-refractivity contribution in [3.05, 3.63) is 0 Å². The summed E-state index contributed by atoms with van der Waals surface area (Å²) in [7, 11) is 0. The van der Waals surface area contributed by atoms with Crippen LogP contribution in [0.25, 0.3) is 0 Å². The molecule has 28 heavy (non-hydrogen) atoms. The lowest BCUT2D eigenvalue weighted by molar-refractivity contribution is -0.171. The van der Waals surface area contributed by atoms with Gasteiger partial charge in [-0.05, 0) is 91.8 Å². The van der Waals surface area contributed by atoms with Gasteiger partial charge in [0.2, 0.25) is 0 Å². The van der Waals surface area contributed by atoms with Gasteiger partial charge in [0, 0.05) is 19.3 Å². The molecule has 3 nitrogen and oxygen atoms in total. The number of hydrogen-bond acceptors (Lipinski definition) is 3. The molecule has 4 aliphatic carbocycles. The summed E-state index contributed by atoms with van der Waals surface area (Å²) >= 11 is 0. The first-order chi connectivity index (χ1) is 13.2. The topological polar surface area (TPSA) is 43.4 Å². The highest BCUT2D eigenvalue weighted by atomic mass is 16.5. The van der Waals surface area contributed by atoms with Crippen molar-refractivity contribution in [1.29, 1.82) is 0 Å². The van der Waals surface area contributed by atoms with E-state index in [0.717, 1.165) is 36.5 Å². The molecule has 0 aliphatic heterocycles. The second-order valence-corrected chi connectivity index (χ2v) is 11.2. The molecule has 9 atom stereocenters. The van der Waals surface area contributed by atoms with E-state index in [1.807, 2.05) is 6.92 Å². The van der Waals surface area contributed by atoms with Gasteiger partial charge < -0.3 is 4.74 Å². The SMILES string of the molecule is CCC(=O)[C@H]1CC[C@H]2[C@@H]3CC[C@H]4C[C@H](C)[C@@H](OC(C)=O)C[C@]4(C)[C@H]3CC[C@]12C. The Morgan fingerprint density at radius 1 is 1.00 bits per heavy atom. The van der Waals surface area contributed by atoms with Crippen molar-refractivity contribution in [2.45, 2.75) is 98.5 Å². The fraction of sp³-hybridized carbons (Fsp3) is 0.920. The van der Waals surface area contributed by atoms with Crippen LogP contribution in [0.15, 0.2) is 0 Å². The van der Waals surface area contributed by atoms with Crippen LogP contribution in [0.5, 0.6) is 0 Å². The lowest BCUT2D eigenvalue weighted by Crippen LogP contribution is -2.56. The number of esters is 1. The zero-order valence-corrected chi connectivity index (χ0v) is 18.6. The average molecular weight is 389 g/mol. The van der Waals surface area contributed by atoms with Gasteiger partial charge >= 0.3 is 5.97 Å². The predicted octanol–water partition coefficient (Wildman–Crippen LogP) is 5.80. The number of carbonyl (C=O) groups is 2. The molecule has 4 fully saturated rings. The van der Waals surface area contributed by atoms with Crippen molar-refractivity contribution in [2.24, 2.45) is 46.3 Å². The number of ether oxygens (including phenoxy) is 1. The highest BCUT2D eigenvalue weighted by molar-refractivity contribution is 5.82. The van der Waals surface area contributed by atoms with Crippen LogP contribution in [0.1, 0.15) is 92.4 Å². The smallest absolute Gasteiger partial charge is 0.302 e. The van der Waals surface area contributed by atoms with E-state index < -0.39 is 0 Å². The van der Waals surface area contributed by atoms with Crippen LogP contribution in [0, 0.1) is 46.3 Å². The van der Waals surface area contributed by atoms with E-state index in [1.54, 1.807) is 6.92 Å². The van der Waals surface area contributed by atoms with E-state index in [1.165, 1.54) is 38.5 Å². The minimum Gasteiger partial charge on any atom is -0.462 e. The molecule has 4 saturated carbocycles. The van der Waals surface area contributed by atoms with E-state index in [0.29, 0.717) is 29.5 Å². The highest BCUT2D eigenvalue weighted by Crippen LogP contribution is 2.68. The molecule has 0 aromatic rings. The minimum absolute atomic E-state index is 0.0869. The van der Waals surface area contributed by atoms with Gasteiger partial charge in [0.1, 0.15) is 11.9 Å². The van der Waals surface area contributed by atoms with Crippen molar-refractivity contribution >= 4 is 11.8 Å². The van der Waals surface area contributed by atoms with E-state index in [2.05, 4.69) is 20.8 Å².